The fourth-order valence-corrected chi connectivity index (χ4v) is 6.43. The molecule has 5 aromatic rings. The zero-order valence-corrected chi connectivity index (χ0v) is 23.6. The molecule has 0 radical (unpaired) electrons. The Morgan fingerprint density at radius 1 is 1.05 bits per heavy atom. The summed E-state index contributed by atoms with van der Waals surface area (Å²) in [6.07, 6.45) is 1.91. The Labute approximate surface area is 239 Å². The number of hydrogen-bond donors (Lipinski definition) is 0. The number of rotatable bonds is 6. The van der Waals surface area contributed by atoms with Crippen LogP contribution in [0.25, 0.3) is 17.0 Å². The lowest BCUT2D eigenvalue weighted by Gasteiger charge is -2.24. The lowest BCUT2D eigenvalue weighted by Crippen LogP contribution is -2.40. The predicted octanol–water partition coefficient (Wildman–Crippen LogP) is 5.45. The molecular weight excluding hydrogens is 542 g/mol. The van der Waals surface area contributed by atoms with E-state index in [9.17, 15) is 9.59 Å². The molecule has 2 aromatic heterocycles. The van der Waals surface area contributed by atoms with Gasteiger partial charge in [-0.3, -0.25) is 9.36 Å². The maximum atomic E-state index is 14.1. The molecule has 40 heavy (non-hydrogen) atoms. The van der Waals surface area contributed by atoms with Crippen molar-refractivity contribution in [1.82, 2.24) is 9.13 Å². The molecule has 1 atom stereocenters. The Morgan fingerprint density at radius 2 is 1.77 bits per heavy atom. The first-order chi connectivity index (χ1) is 19.5. The van der Waals surface area contributed by atoms with Gasteiger partial charge in [-0.05, 0) is 49.2 Å². The van der Waals surface area contributed by atoms with Crippen molar-refractivity contribution in [2.45, 2.75) is 26.4 Å². The lowest BCUT2D eigenvalue weighted by atomic mass is 9.96. The van der Waals surface area contributed by atoms with E-state index in [4.69, 9.17) is 16.3 Å². The van der Waals surface area contributed by atoms with Crippen LogP contribution in [0.15, 0.2) is 106 Å². The Balaban J connectivity index is 1.55. The molecule has 0 N–H and O–H groups in total. The summed E-state index contributed by atoms with van der Waals surface area (Å²) in [5.74, 6) is -0.466. The fourth-order valence-electron chi connectivity index (χ4n) is 5.20. The number of ether oxygens (including phenoxy) is 1. The molecule has 0 unspecified atom stereocenters. The van der Waals surface area contributed by atoms with E-state index in [1.54, 1.807) is 18.4 Å². The summed E-state index contributed by atoms with van der Waals surface area (Å²) < 4.78 is 9.70. The van der Waals surface area contributed by atoms with Crippen LogP contribution in [0.1, 0.15) is 36.7 Å². The first-order valence-corrected chi connectivity index (χ1v) is 14.2. The Bertz CT molecular complexity index is 1970. The minimum absolute atomic E-state index is 0.207. The van der Waals surface area contributed by atoms with Gasteiger partial charge in [-0.1, -0.05) is 89.7 Å². The molecule has 6 rings (SSSR count). The number of halogens is 1. The molecule has 0 saturated carbocycles. The highest BCUT2D eigenvalue weighted by molar-refractivity contribution is 7.07. The molecule has 1 aliphatic heterocycles. The summed E-state index contributed by atoms with van der Waals surface area (Å²) in [6.45, 7) is 4.34. The van der Waals surface area contributed by atoms with Gasteiger partial charge >= 0.3 is 5.97 Å². The number of aromatic nitrogens is 2. The summed E-state index contributed by atoms with van der Waals surface area (Å²) in [5.41, 5.74) is 4.45. The van der Waals surface area contributed by atoms with Gasteiger partial charge in [-0.15, -0.1) is 0 Å². The molecule has 0 amide bonds. The molecule has 6 nitrogen and oxygen atoms in total. The normalized spacial score (nSPS) is 15.3. The number of carbonyl (C=O) groups is 1. The van der Waals surface area contributed by atoms with Crippen LogP contribution in [-0.2, 0) is 16.1 Å². The summed E-state index contributed by atoms with van der Waals surface area (Å²) in [4.78, 5) is 32.4. The second kappa shape index (κ2) is 10.8. The standard InChI is InChI=1S/C32H26ClN3O3S/c1-3-39-31(38)28-20(2)34-32-36(29(28)21-11-5-4-6-12-21)30(37)27(40-32)18-24-17-22-13-8-10-16-26(22)35(24)19-23-14-7-9-15-25(23)33/h4-18,29H,3,19H2,1-2H3/t29-/m0/s1. The number of allylic oxidation sites excluding steroid dienone is 1. The van der Waals surface area contributed by atoms with Gasteiger partial charge in [-0.2, -0.15) is 0 Å². The molecule has 200 valence electrons. The largest absolute Gasteiger partial charge is 0.463 e. The zero-order valence-electron chi connectivity index (χ0n) is 22.0. The van der Waals surface area contributed by atoms with Crippen molar-refractivity contribution in [3.8, 4) is 0 Å². The van der Waals surface area contributed by atoms with E-state index in [1.165, 1.54) is 11.3 Å². The van der Waals surface area contributed by atoms with Crippen molar-refractivity contribution in [3.63, 3.8) is 0 Å². The van der Waals surface area contributed by atoms with E-state index in [2.05, 4.69) is 27.8 Å². The highest BCUT2D eigenvalue weighted by Crippen LogP contribution is 2.30. The molecule has 0 fully saturated rings. The number of benzene rings is 3. The van der Waals surface area contributed by atoms with E-state index in [1.807, 2.05) is 72.8 Å². The molecule has 3 aromatic carbocycles. The molecule has 1 aliphatic rings. The van der Waals surface area contributed by atoms with Gasteiger partial charge in [-0.25, -0.2) is 9.79 Å². The van der Waals surface area contributed by atoms with Gasteiger partial charge in [0.1, 0.15) is 0 Å². The molecule has 3 heterocycles. The fraction of sp³-hybridized carbons (Fsp3) is 0.156. The Hall–Kier alpha value is -4.20. The Kier molecular flexibility index (Phi) is 7.00. The number of thiazole rings is 1. The van der Waals surface area contributed by atoms with Crippen molar-refractivity contribution < 1.29 is 9.53 Å². The number of carbonyl (C=O) groups excluding carboxylic acids is 1. The monoisotopic (exact) mass is 567 g/mol. The highest BCUT2D eigenvalue weighted by atomic mass is 35.5. The lowest BCUT2D eigenvalue weighted by molar-refractivity contribution is -0.139. The van der Waals surface area contributed by atoms with Gasteiger partial charge in [0.25, 0.3) is 5.56 Å². The van der Waals surface area contributed by atoms with Crippen LogP contribution in [0.3, 0.4) is 0 Å². The van der Waals surface area contributed by atoms with Gasteiger partial charge in [0.05, 0.1) is 28.5 Å². The quantitative estimate of drug-likeness (QED) is 0.256. The first-order valence-electron chi connectivity index (χ1n) is 13.0. The van der Waals surface area contributed by atoms with Gasteiger partial charge in [0, 0.05) is 28.2 Å². The number of fused-ring (bicyclic) bond motifs is 2. The van der Waals surface area contributed by atoms with Crippen LogP contribution in [0.5, 0.6) is 0 Å². The van der Waals surface area contributed by atoms with Crippen molar-refractivity contribution in [3.05, 3.63) is 138 Å². The topological polar surface area (TPSA) is 65.6 Å². The third-order valence-corrected chi connectivity index (χ3v) is 8.39. The van der Waals surface area contributed by atoms with Crippen LogP contribution in [0.4, 0.5) is 0 Å². The third-order valence-electron chi connectivity index (χ3n) is 7.04. The van der Waals surface area contributed by atoms with Crippen molar-refractivity contribution in [2.75, 3.05) is 6.61 Å². The number of nitrogens with zero attached hydrogens (tertiary/aromatic N) is 3. The number of hydrogen-bond acceptors (Lipinski definition) is 5. The van der Waals surface area contributed by atoms with Crippen molar-refractivity contribution in [2.24, 2.45) is 4.99 Å². The Morgan fingerprint density at radius 3 is 2.55 bits per heavy atom. The van der Waals surface area contributed by atoms with Crippen LogP contribution in [0.2, 0.25) is 5.02 Å². The van der Waals surface area contributed by atoms with Gasteiger partial charge in [0.2, 0.25) is 0 Å². The summed E-state index contributed by atoms with van der Waals surface area (Å²) >= 11 is 7.84. The number of esters is 1. The second-order valence-corrected chi connectivity index (χ2v) is 10.9. The van der Waals surface area contributed by atoms with Crippen molar-refractivity contribution >= 4 is 45.9 Å². The zero-order chi connectivity index (χ0) is 27.8. The molecule has 8 heteroatoms. The highest BCUT2D eigenvalue weighted by Gasteiger charge is 2.33. The predicted molar refractivity (Wildman–Crippen MR) is 159 cm³/mol. The van der Waals surface area contributed by atoms with Crippen LogP contribution >= 0.6 is 22.9 Å². The second-order valence-electron chi connectivity index (χ2n) is 9.52. The van der Waals surface area contributed by atoms with Gasteiger partial charge < -0.3 is 9.30 Å². The molecular formula is C32H26ClN3O3S. The van der Waals surface area contributed by atoms with Crippen LogP contribution in [0, 0.1) is 0 Å². The van der Waals surface area contributed by atoms with E-state index in [0.29, 0.717) is 32.2 Å². The summed E-state index contributed by atoms with van der Waals surface area (Å²) in [6, 6.07) is 26.9. The van der Waals surface area contributed by atoms with Crippen LogP contribution < -0.4 is 14.9 Å². The summed E-state index contributed by atoms with van der Waals surface area (Å²) in [5, 5.41) is 1.76. The first kappa shape index (κ1) is 26.0. The molecule has 0 spiro atoms. The van der Waals surface area contributed by atoms with E-state index in [0.717, 1.165) is 27.7 Å². The maximum absolute atomic E-state index is 14.1. The average Bonchev–Trinajstić information content (AvgIpc) is 3.46. The van der Waals surface area contributed by atoms with Crippen molar-refractivity contribution in [1.29, 1.82) is 0 Å². The maximum Gasteiger partial charge on any atom is 0.338 e. The number of para-hydroxylation sites is 1. The van der Waals surface area contributed by atoms with E-state index in [-0.39, 0.29) is 12.2 Å². The van der Waals surface area contributed by atoms with E-state index < -0.39 is 12.0 Å². The average molecular weight is 568 g/mol. The molecule has 0 aliphatic carbocycles. The summed E-state index contributed by atoms with van der Waals surface area (Å²) in [7, 11) is 0. The SMILES string of the molecule is CCOC(=O)C1=C(C)N=c2sc(=Cc3cc4ccccc4n3Cc3ccccc3Cl)c(=O)n2[C@H]1c1ccccc1. The minimum atomic E-state index is -0.632. The van der Waals surface area contributed by atoms with Gasteiger partial charge in [0.15, 0.2) is 4.80 Å². The third kappa shape index (κ3) is 4.61. The van der Waals surface area contributed by atoms with E-state index >= 15 is 0 Å². The minimum Gasteiger partial charge on any atom is -0.463 e. The smallest absolute Gasteiger partial charge is 0.338 e. The van der Waals surface area contributed by atoms with Crippen LogP contribution in [-0.4, -0.2) is 21.7 Å². The molecule has 0 saturated heterocycles. The molecule has 0 bridgehead atoms.